The lowest BCUT2D eigenvalue weighted by atomic mass is 10.1. The van der Waals surface area contributed by atoms with Crippen molar-refractivity contribution in [3.05, 3.63) is 100 Å². The molecule has 4 aromatic rings. The highest BCUT2D eigenvalue weighted by atomic mass is 32.1. The molecular weight excluding hydrogens is 444 g/mol. The first-order chi connectivity index (χ1) is 16.5. The van der Waals surface area contributed by atoms with Gasteiger partial charge in [-0.1, -0.05) is 60.7 Å². The number of methoxy groups -OCH3 is 1. The SMILES string of the molecule is COc1cc(C=CC(=O)Nc2nc(-c3ccccc3)c(C)s2)ccc1OCc1ccccc1C. The number of ether oxygens (including phenoxy) is 2. The Hall–Kier alpha value is -3.90. The van der Waals surface area contributed by atoms with Crippen LogP contribution in [0.2, 0.25) is 0 Å². The molecule has 172 valence electrons. The molecule has 6 heteroatoms. The van der Waals surface area contributed by atoms with Crippen LogP contribution in [-0.2, 0) is 11.4 Å². The van der Waals surface area contributed by atoms with Crippen molar-refractivity contribution < 1.29 is 14.3 Å². The Balaban J connectivity index is 1.40. The van der Waals surface area contributed by atoms with Crippen LogP contribution in [0.1, 0.15) is 21.6 Å². The fourth-order valence-corrected chi connectivity index (χ4v) is 4.31. The summed E-state index contributed by atoms with van der Waals surface area (Å²) in [6.07, 6.45) is 3.23. The number of thiazole rings is 1. The van der Waals surface area contributed by atoms with Crippen molar-refractivity contribution in [2.24, 2.45) is 0 Å². The monoisotopic (exact) mass is 470 g/mol. The number of anilines is 1. The molecule has 1 amide bonds. The minimum absolute atomic E-state index is 0.243. The van der Waals surface area contributed by atoms with Crippen LogP contribution in [-0.4, -0.2) is 18.0 Å². The van der Waals surface area contributed by atoms with Crippen molar-refractivity contribution in [2.45, 2.75) is 20.5 Å². The van der Waals surface area contributed by atoms with Crippen molar-refractivity contribution >= 4 is 28.5 Å². The number of carbonyl (C=O) groups excluding carboxylic acids is 1. The summed E-state index contributed by atoms with van der Waals surface area (Å²) in [6.45, 7) is 4.52. The van der Waals surface area contributed by atoms with Gasteiger partial charge >= 0.3 is 0 Å². The largest absolute Gasteiger partial charge is 0.493 e. The van der Waals surface area contributed by atoms with E-state index in [9.17, 15) is 4.79 Å². The second-order valence-corrected chi connectivity index (χ2v) is 8.94. The molecule has 4 rings (SSSR count). The number of aromatic nitrogens is 1. The zero-order valence-corrected chi connectivity index (χ0v) is 20.2. The zero-order valence-electron chi connectivity index (χ0n) is 19.4. The van der Waals surface area contributed by atoms with Crippen molar-refractivity contribution in [2.75, 3.05) is 12.4 Å². The summed E-state index contributed by atoms with van der Waals surface area (Å²) in [4.78, 5) is 18.1. The van der Waals surface area contributed by atoms with E-state index < -0.39 is 0 Å². The summed E-state index contributed by atoms with van der Waals surface area (Å²) in [5.74, 6) is 1.02. The third kappa shape index (κ3) is 5.71. The molecule has 0 fully saturated rings. The average Bonchev–Trinajstić information content (AvgIpc) is 3.22. The van der Waals surface area contributed by atoms with Gasteiger partial charge in [0.15, 0.2) is 16.6 Å². The van der Waals surface area contributed by atoms with Crippen LogP contribution in [0.5, 0.6) is 11.5 Å². The van der Waals surface area contributed by atoms with Crippen LogP contribution in [0.3, 0.4) is 0 Å². The Morgan fingerprint density at radius 2 is 1.76 bits per heavy atom. The Labute approximate surface area is 203 Å². The van der Waals surface area contributed by atoms with E-state index >= 15 is 0 Å². The highest BCUT2D eigenvalue weighted by Gasteiger charge is 2.11. The Kier molecular flexibility index (Phi) is 7.40. The van der Waals surface area contributed by atoms with Gasteiger partial charge in [0, 0.05) is 16.5 Å². The zero-order chi connectivity index (χ0) is 23.9. The Morgan fingerprint density at radius 1 is 1.00 bits per heavy atom. The van der Waals surface area contributed by atoms with Crippen molar-refractivity contribution in [1.82, 2.24) is 4.98 Å². The normalized spacial score (nSPS) is 10.9. The molecule has 1 aromatic heterocycles. The van der Waals surface area contributed by atoms with Crippen LogP contribution in [0.4, 0.5) is 5.13 Å². The predicted molar refractivity (Wildman–Crippen MR) is 138 cm³/mol. The predicted octanol–water partition coefficient (Wildman–Crippen LogP) is 6.67. The van der Waals surface area contributed by atoms with E-state index in [1.807, 2.05) is 73.7 Å². The summed E-state index contributed by atoms with van der Waals surface area (Å²) in [7, 11) is 1.60. The lowest BCUT2D eigenvalue weighted by molar-refractivity contribution is -0.111. The Morgan fingerprint density at radius 3 is 2.53 bits per heavy atom. The van der Waals surface area contributed by atoms with E-state index in [1.54, 1.807) is 13.2 Å². The third-order valence-electron chi connectivity index (χ3n) is 5.33. The lowest BCUT2D eigenvalue weighted by Crippen LogP contribution is -2.07. The number of hydrogen-bond donors (Lipinski definition) is 1. The number of rotatable bonds is 8. The topological polar surface area (TPSA) is 60.5 Å². The average molecular weight is 471 g/mol. The standard InChI is InChI=1S/C28H26N2O3S/c1-19-9-7-8-12-23(19)18-33-24-15-13-21(17-25(24)32-3)14-16-26(31)29-28-30-27(20(2)34-28)22-10-5-4-6-11-22/h4-17H,18H2,1-3H3,(H,29,30,31). The molecule has 0 radical (unpaired) electrons. The molecule has 34 heavy (non-hydrogen) atoms. The van der Waals surface area contributed by atoms with E-state index in [4.69, 9.17) is 9.47 Å². The summed E-state index contributed by atoms with van der Waals surface area (Å²) >= 11 is 1.46. The second kappa shape index (κ2) is 10.8. The maximum absolute atomic E-state index is 12.5. The molecule has 5 nitrogen and oxygen atoms in total. The molecule has 0 aliphatic carbocycles. The Bertz CT molecular complexity index is 1310. The molecule has 0 atom stereocenters. The first-order valence-electron chi connectivity index (χ1n) is 10.9. The summed E-state index contributed by atoms with van der Waals surface area (Å²) in [6, 6.07) is 23.6. The maximum atomic E-state index is 12.5. The molecule has 0 saturated carbocycles. The van der Waals surface area contributed by atoms with Crippen molar-refractivity contribution in [1.29, 1.82) is 0 Å². The van der Waals surface area contributed by atoms with Gasteiger partial charge in [-0.25, -0.2) is 4.98 Å². The molecule has 3 aromatic carbocycles. The number of amides is 1. The van der Waals surface area contributed by atoms with E-state index in [1.165, 1.54) is 23.0 Å². The molecule has 0 aliphatic heterocycles. The van der Waals surface area contributed by atoms with Gasteiger partial charge in [-0.3, -0.25) is 10.1 Å². The van der Waals surface area contributed by atoms with E-state index in [0.717, 1.165) is 27.3 Å². The van der Waals surface area contributed by atoms with Gasteiger partial charge in [0.25, 0.3) is 0 Å². The van der Waals surface area contributed by atoms with Gasteiger partial charge in [0.2, 0.25) is 5.91 Å². The number of carbonyl (C=O) groups is 1. The van der Waals surface area contributed by atoms with Crippen molar-refractivity contribution in [3.63, 3.8) is 0 Å². The fourth-order valence-electron chi connectivity index (χ4n) is 3.47. The van der Waals surface area contributed by atoms with Crippen LogP contribution in [0.25, 0.3) is 17.3 Å². The molecule has 1 heterocycles. The number of aryl methyl sites for hydroxylation is 2. The van der Waals surface area contributed by atoms with Crippen LogP contribution in [0.15, 0.2) is 78.9 Å². The van der Waals surface area contributed by atoms with Gasteiger partial charge in [-0.05, 0) is 48.7 Å². The van der Waals surface area contributed by atoms with Gasteiger partial charge in [0.1, 0.15) is 6.61 Å². The molecule has 0 bridgehead atoms. The van der Waals surface area contributed by atoms with Gasteiger partial charge in [-0.2, -0.15) is 0 Å². The van der Waals surface area contributed by atoms with E-state index in [-0.39, 0.29) is 5.91 Å². The maximum Gasteiger partial charge on any atom is 0.250 e. The molecule has 0 unspecified atom stereocenters. The summed E-state index contributed by atoms with van der Waals surface area (Å²) in [5.41, 5.74) is 5.05. The molecule has 0 aliphatic rings. The van der Waals surface area contributed by atoms with Gasteiger partial charge in [-0.15, -0.1) is 11.3 Å². The molecule has 1 N–H and O–H groups in total. The first kappa shape index (κ1) is 23.3. The van der Waals surface area contributed by atoms with Crippen LogP contribution in [0, 0.1) is 13.8 Å². The molecule has 0 spiro atoms. The van der Waals surface area contributed by atoms with Crippen molar-refractivity contribution in [3.8, 4) is 22.8 Å². The van der Waals surface area contributed by atoms with Crippen LogP contribution >= 0.6 is 11.3 Å². The molecule has 0 saturated heterocycles. The third-order valence-corrected chi connectivity index (χ3v) is 6.22. The minimum atomic E-state index is -0.243. The van der Waals surface area contributed by atoms with Gasteiger partial charge < -0.3 is 9.47 Å². The summed E-state index contributed by atoms with van der Waals surface area (Å²) < 4.78 is 11.5. The highest BCUT2D eigenvalue weighted by Crippen LogP contribution is 2.31. The number of nitrogens with one attached hydrogen (secondary N) is 1. The molecular formula is C28H26N2O3S. The van der Waals surface area contributed by atoms with E-state index in [0.29, 0.717) is 23.2 Å². The quantitative estimate of drug-likeness (QED) is 0.292. The first-order valence-corrected chi connectivity index (χ1v) is 11.7. The second-order valence-electron chi connectivity index (χ2n) is 7.74. The fraction of sp³-hybridized carbons (Fsp3) is 0.143. The van der Waals surface area contributed by atoms with E-state index in [2.05, 4.69) is 23.3 Å². The van der Waals surface area contributed by atoms with Crippen LogP contribution < -0.4 is 14.8 Å². The van der Waals surface area contributed by atoms with Gasteiger partial charge in [0.05, 0.1) is 12.8 Å². The summed E-state index contributed by atoms with van der Waals surface area (Å²) in [5, 5.41) is 3.43. The number of hydrogen-bond acceptors (Lipinski definition) is 5. The number of nitrogens with zero attached hydrogens (tertiary/aromatic N) is 1. The lowest BCUT2D eigenvalue weighted by Gasteiger charge is -2.12. The highest BCUT2D eigenvalue weighted by molar-refractivity contribution is 7.16. The smallest absolute Gasteiger partial charge is 0.250 e. The minimum Gasteiger partial charge on any atom is -0.493 e. The number of benzene rings is 3.